The van der Waals surface area contributed by atoms with Gasteiger partial charge in [0.25, 0.3) is 0 Å². The monoisotopic (exact) mass is 371 g/mol. The molecule has 0 fully saturated rings. The van der Waals surface area contributed by atoms with Crippen molar-refractivity contribution in [2.75, 3.05) is 0 Å². The third-order valence-electron chi connectivity index (χ3n) is 0. The van der Waals surface area contributed by atoms with Gasteiger partial charge in [-0.1, -0.05) is 0 Å². The van der Waals surface area contributed by atoms with Crippen LogP contribution in [0.2, 0.25) is 0 Å². The molecule has 0 aliphatic heterocycles. The van der Waals surface area contributed by atoms with Crippen LogP contribution < -0.4 is 0 Å². The van der Waals surface area contributed by atoms with Crippen LogP contribution in [0.5, 0.6) is 0 Å². The van der Waals surface area contributed by atoms with Crippen LogP contribution in [0, 0.1) is 7.43 Å². The summed E-state index contributed by atoms with van der Waals surface area (Å²) < 4.78 is 0. The van der Waals surface area contributed by atoms with Gasteiger partial charge in [-0.2, -0.15) is 0 Å². The van der Waals surface area contributed by atoms with Crippen LogP contribution in [0.25, 0.3) is 0 Å². The van der Waals surface area contributed by atoms with Crippen LogP contribution in [0.1, 0.15) is 0 Å². The fourth-order valence-electron chi connectivity index (χ4n) is 0. The van der Waals surface area contributed by atoms with Crippen molar-refractivity contribution in [3.05, 3.63) is 7.43 Å². The fraction of sp³-hybridized carbons (Fsp3) is 0. The summed E-state index contributed by atoms with van der Waals surface area (Å²) in [5.74, 6) is 0. The number of halogens is 2. The maximum absolute atomic E-state index is 2.37. The van der Waals surface area contributed by atoms with Gasteiger partial charge in [0.1, 0.15) is 0 Å². The second-order valence-electron chi connectivity index (χ2n) is 0.0505. The molecule has 0 radical (unpaired) electrons. The minimum atomic E-state index is 0. The Bertz CT molecular complexity index is 6.00. The first-order valence-electron chi connectivity index (χ1n) is 0.267. The van der Waals surface area contributed by atoms with E-state index in [-0.39, 0.29) is 7.43 Å². The molecule has 4 heavy (non-hydrogen) atoms. The third kappa shape index (κ3) is 8.94. The molecule has 0 saturated carbocycles. The van der Waals surface area contributed by atoms with Gasteiger partial charge in [0, 0.05) is 0 Å². The molecule has 0 saturated heterocycles. The van der Waals surface area contributed by atoms with Crippen molar-refractivity contribution in [1.82, 2.24) is 0 Å². The van der Waals surface area contributed by atoms with Crippen LogP contribution in [0.3, 0.4) is 0 Å². The van der Waals surface area contributed by atoms with E-state index in [1.807, 2.05) is 0 Å². The molecule has 0 aromatic rings. The zero-order valence-corrected chi connectivity index (χ0v) is 8.16. The van der Waals surface area contributed by atoms with Crippen molar-refractivity contribution in [3.63, 3.8) is 0 Å². The van der Waals surface area contributed by atoms with Gasteiger partial charge < -0.3 is 7.43 Å². The van der Waals surface area contributed by atoms with Gasteiger partial charge in [0.2, 0.25) is 0 Å². The van der Waals surface area contributed by atoms with E-state index in [9.17, 15) is 0 Å². The second kappa shape index (κ2) is 8.92. The molecule has 0 heterocycles. The standard InChI is InChI=1S/CH3.2HI.Ru/h1H3;2*1H;/q-1;;;+2/p-2. The van der Waals surface area contributed by atoms with Crippen LogP contribution in [-0.4, -0.2) is 0 Å². The molecule has 0 amide bonds. The summed E-state index contributed by atoms with van der Waals surface area (Å²) >= 11 is 4.73. The van der Waals surface area contributed by atoms with Gasteiger partial charge in [0.05, 0.1) is 0 Å². The summed E-state index contributed by atoms with van der Waals surface area (Å²) in [5.41, 5.74) is 0. The van der Waals surface area contributed by atoms with Crippen molar-refractivity contribution in [2.45, 2.75) is 0 Å². The molecule has 0 atom stereocenters. The van der Waals surface area contributed by atoms with Gasteiger partial charge in [0.15, 0.2) is 0 Å². The van der Waals surface area contributed by atoms with Crippen LogP contribution in [0.4, 0.5) is 0 Å². The van der Waals surface area contributed by atoms with E-state index < -0.39 is 0 Å². The fourth-order valence-corrected chi connectivity index (χ4v) is 0. The Hall–Kier alpha value is 2.08. The molecule has 0 spiro atoms. The first-order valence-corrected chi connectivity index (χ1v) is 10.6. The molecule has 30 valence electrons. The number of rotatable bonds is 0. The van der Waals surface area contributed by atoms with Crippen molar-refractivity contribution >= 4 is 39.5 Å². The predicted octanol–water partition coefficient (Wildman–Crippen LogP) is 2.22. The van der Waals surface area contributed by atoms with Crippen molar-refractivity contribution in [1.29, 1.82) is 0 Å². The van der Waals surface area contributed by atoms with E-state index in [4.69, 9.17) is 0 Å². The van der Waals surface area contributed by atoms with E-state index in [2.05, 4.69) is 39.5 Å². The minimum absolute atomic E-state index is 0. The molecule has 0 aromatic carbocycles. The molecule has 0 nitrogen and oxygen atoms in total. The summed E-state index contributed by atoms with van der Waals surface area (Å²) in [4.78, 5) is 0. The van der Waals surface area contributed by atoms with Gasteiger partial charge in [-0.05, 0) is 0 Å². The molecular formula is CH3I2Ru-. The Morgan fingerprint density at radius 1 is 1.25 bits per heavy atom. The summed E-state index contributed by atoms with van der Waals surface area (Å²) in [7, 11) is 0.650. The third-order valence-corrected chi connectivity index (χ3v) is 0. The van der Waals surface area contributed by atoms with E-state index in [1.165, 1.54) is 0 Å². The molecule has 3 heteroatoms. The molecular weight excluding hydrogens is 367 g/mol. The molecule has 0 unspecified atom stereocenters. The zero-order chi connectivity index (χ0) is 2.71. The Morgan fingerprint density at radius 3 is 1.25 bits per heavy atom. The molecule has 0 rings (SSSR count). The van der Waals surface area contributed by atoms with Crippen LogP contribution in [-0.2, 0) is 10.1 Å². The van der Waals surface area contributed by atoms with E-state index >= 15 is 0 Å². The van der Waals surface area contributed by atoms with Gasteiger partial charge in [-0.25, -0.2) is 0 Å². The predicted molar refractivity (Wildman–Crippen MR) is 34.5 cm³/mol. The average Bonchev–Trinajstić information content (AvgIpc) is 0.918. The van der Waals surface area contributed by atoms with Crippen LogP contribution >= 0.6 is 39.5 Å². The first-order chi connectivity index (χ1) is 1.41. The van der Waals surface area contributed by atoms with Crippen molar-refractivity contribution in [2.24, 2.45) is 0 Å². The van der Waals surface area contributed by atoms with Crippen LogP contribution in [0.15, 0.2) is 0 Å². The molecule has 0 aliphatic rings. The maximum atomic E-state index is 2.37. The molecule has 0 N–H and O–H groups in total. The number of hydrogen-bond donors (Lipinski definition) is 0. The SMILES string of the molecule is [CH3-].[I][Ru][I]. The summed E-state index contributed by atoms with van der Waals surface area (Å²) in [6, 6.07) is 0. The second-order valence-corrected chi connectivity index (χ2v) is 13.4. The average molecular weight is 370 g/mol. The van der Waals surface area contributed by atoms with Gasteiger partial charge in [-0.3, -0.25) is 0 Å². The number of hydrogen-bond acceptors (Lipinski definition) is 0. The van der Waals surface area contributed by atoms with Gasteiger partial charge >= 0.3 is 49.6 Å². The van der Waals surface area contributed by atoms with Crippen molar-refractivity contribution in [3.8, 4) is 0 Å². The molecule has 0 bridgehead atoms. The topological polar surface area (TPSA) is 0 Å². The quantitative estimate of drug-likeness (QED) is 0.349. The van der Waals surface area contributed by atoms with Crippen molar-refractivity contribution < 1.29 is 10.1 Å². The molecule has 0 aromatic heterocycles. The Kier molecular flexibility index (Phi) is 21.0. The molecule has 0 aliphatic carbocycles. The van der Waals surface area contributed by atoms with E-state index in [1.54, 1.807) is 0 Å². The zero-order valence-electron chi connectivity index (χ0n) is 2.11. The summed E-state index contributed by atoms with van der Waals surface area (Å²) in [5, 5.41) is 0. The Morgan fingerprint density at radius 2 is 1.25 bits per heavy atom. The van der Waals surface area contributed by atoms with E-state index in [0.717, 1.165) is 0 Å². The summed E-state index contributed by atoms with van der Waals surface area (Å²) in [6.07, 6.45) is 0. The van der Waals surface area contributed by atoms with Gasteiger partial charge in [-0.15, -0.1) is 0 Å². The van der Waals surface area contributed by atoms with E-state index in [0.29, 0.717) is 10.1 Å². The normalized spacial score (nSPS) is 5.50. The summed E-state index contributed by atoms with van der Waals surface area (Å²) in [6.45, 7) is 0. The first kappa shape index (κ1) is 9.43. The Balaban J connectivity index is 0. The Labute approximate surface area is 56.1 Å².